The first kappa shape index (κ1) is 8.37. The number of allylic oxidation sites excluding steroid dienone is 4. The third-order valence-corrected chi connectivity index (χ3v) is 3.23. The normalized spacial score (nSPS) is 30.8. The largest absolute Gasteiger partial charge is 0.118 e. The highest BCUT2D eigenvalue weighted by Gasteiger charge is 2.19. The van der Waals surface area contributed by atoms with Crippen LogP contribution in [-0.4, -0.2) is 5.38 Å². The summed E-state index contributed by atoms with van der Waals surface area (Å²) in [5, 5.41) is 0.246. The molecule has 1 saturated carbocycles. The standard InChI is InChI=1S/C11H15Cl/c12-11-7-5-10(6-8-11)9-3-1-2-4-9/h5-7,9,11H,1-4,8H2. The van der Waals surface area contributed by atoms with Gasteiger partial charge in [-0.25, -0.2) is 0 Å². The van der Waals surface area contributed by atoms with Crippen LogP contribution in [0.4, 0.5) is 0 Å². The molecule has 0 aromatic carbocycles. The van der Waals surface area contributed by atoms with E-state index in [9.17, 15) is 0 Å². The van der Waals surface area contributed by atoms with Gasteiger partial charge in [0.25, 0.3) is 0 Å². The summed E-state index contributed by atoms with van der Waals surface area (Å²) >= 11 is 5.96. The fourth-order valence-electron chi connectivity index (χ4n) is 2.17. The van der Waals surface area contributed by atoms with E-state index >= 15 is 0 Å². The molecule has 0 spiro atoms. The molecule has 0 radical (unpaired) electrons. The molecule has 0 amide bonds. The summed E-state index contributed by atoms with van der Waals surface area (Å²) in [5.41, 5.74) is 1.55. The van der Waals surface area contributed by atoms with Gasteiger partial charge in [0.1, 0.15) is 0 Å². The maximum absolute atomic E-state index is 5.96. The molecule has 12 heavy (non-hydrogen) atoms. The topological polar surface area (TPSA) is 0 Å². The van der Waals surface area contributed by atoms with Gasteiger partial charge in [-0.05, 0) is 30.8 Å². The quantitative estimate of drug-likeness (QED) is 0.543. The minimum atomic E-state index is 0.246. The van der Waals surface area contributed by atoms with Crippen LogP contribution in [0.15, 0.2) is 23.8 Å². The SMILES string of the molecule is ClC1C=CC(C2CCCC2)=CC1. The minimum Gasteiger partial charge on any atom is -0.118 e. The molecule has 0 aliphatic heterocycles. The van der Waals surface area contributed by atoms with Gasteiger partial charge in [0.05, 0.1) is 5.38 Å². The van der Waals surface area contributed by atoms with Crippen LogP contribution in [0, 0.1) is 5.92 Å². The molecule has 0 bridgehead atoms. The summed E-state index contributed by atoms with van der Waals surface area (Å²) in [4.78, 5) is 0. The predicted molar refractivity (Wildman–Crippen MR) is 53.4 cm³/mol. The molecule has 0 aromatic rings. The van der Waals surface area contributed by atoms with E-state index in [-0.39, 0.29) is 5.38 Å². The van der Waals surface area contributed by atoms with Crippen molar-refractivity contribution in [1.29, 1.82) is 0 Å². The number of rotatable bonds is 1. The average Bonchev–Trinajstić information content (AvgIpc) is 2.58. The number of hydrogen-bond acceptors (Lipinski definition) is 0. The molecule has 1 heteroatoms. The molecule has 0 saturated heterocycles. The second-order valence-corrected chi connectivity index (χ2v) is 4.36. The lowest BCUT2D eigenvalue weighted by atomic mass is 9.93. The third kappa shape index (κ3) is 1.74. The lowest BCUT2D eigenvalue weighted by Crippen LogP contribution is -2.03. The Labute approximate surface area is 79.3 Å². The van der Waals surface area contributed by atoms with Gasteiger partial charge >= 0.3 is 0 Å². The molecule has 0 heterocycles. The molecule has 1 fully saturated rings. The summed E-state index contributed by atoms with van der Waals surface area (Å²) < 4.78 is 0. The Kier molecular flexibility index (Phi) is 2.55. The second kappa shape index (κ2) is 3.66. The van der Waals surface area contributed by atoms with Gasteiger partial charge in [-0.3, -0.25) is 0 Å². The van der Waals surface area contributed by atoms with Crippen LogP contribution in [-0.2, 0) is 0 Å². The van der Waals surface area contributed by atoms with Crippen LogP contribution in [0.5, 0.6) is 0 Å². The van der Waals surface area contributed by atoms with Crippen molar-refractivity contribution in [2.24, 2.45) is 5.92 Å². The van der Waals surface area contributed by atoms with E-state index in [1.807, 2.05) is 0 Å². The third-order valence-electron chi connectivity index (χ3n) is 2.90. The first-order valence-corrected chi connectivity index (χ1v) is 5.32. The first-order valence-electron chi connectivity index (χ1n) is 4.88. The van der Waals surface area contributed by atoms with Gasteiger partial charge in [0, 0.05) is 0 Å². The monoisotopic (exact) mass is 182 g/mol. The Balaban J connectivity index is 2.00. The van der Waals surface area contributed by atoms with Crippen LogP contribution < -0.4 is 0 Å². The van der Waals surface area contributed by atoms with Gasteiger partial charge in [0.15, 0.2) is 0 Å². The molecule has 2 aliphatic carbocycles. The van der Waals surface area contributed by atoms with Gasteiger partial charge < -0.3 is 0 Å². The molecule has 2 aliphatic rings. The Morgan fingerprint density at radius 2 is 2.00 bits per heavy atom. The van der Waals surface area contributed by atoms with Gasteiger partial charge in [-0.2, -0.15) is 0 Å². The zero-order valence-electron chi connectivity index (χ0n) is 7.30. The van der Waals surface area contributed by atoms with Crippen LogP contribution in [0.2, 0.25) is 0 Å². The van der Waals surface area contributed by atoms with Crippen molar-refractivity contribution >= 4 is 11.6 Å². The van der Waals surface area contributed by atoms with E-state index < -0.39 is 0 Å². The molecular weight excluding hydrogens is 168 g/mol. The van der Waals surface area contributed by atoms with Crippen molar-refractivity contribution in [2.75, 3.05) is 0 Å². The zero-order valence-corrected chi connectivity index (χ0v) is 8.06. The maximum Gasteiger partial charge on any atom is 0.0553 e. The lowest BCUT2D eigenvalue weighted by Gasteiger charge is -2.15. The molecule has 0 N–H and O–H groups in total. The summed E-state index contributed by atoms with van der Waals surface area (Å²) in [6.45, 7) is 0. The smallest absolute Gasteiger partial charge is 0.0553 e. The summed E-state index contributed by atoms with van der Waals surface area (Å²) in [6.07, 6.45) is 13.3. The van der Waals surface area contributed by atoms with Crippen molar-refractivity contribution in [3.05, 3.63) is 23.8 Å². The van der Waals surface area contributed by atoms with Gasteiger partial charge in [-0.15, -0.1) is 11.6 Å². The van der Waals surface area contributed by atoms with Crippen molar-refractivity contribution in [2.45, 2.75) is 37.5 Å². The van der Waals surface area contributed by atoms with Crippen LogP contribution >= 0.6 is 11.6 Å². The highest BCUT2D eigenvalue weighted by atomic mass is 35.5. The molecule has 0 nitrogen and oxygen atoms in total. The van der Waals surface area contributed by atoms with E-state index in [4.69, 9.17) is 11.6 Å². The number of alkyl halides is 1. The van der Waals surface area contributed by atoms with Crippen molar-refractivity contribution in [3.63, 3.8) is 0 Å². The summed E-state index contributed by atoms with van der Waals surface area (Å²) in [5.74, 6) is 0.852. The second-order valence-electron chi connectivity index (χ2n) is 3.80. The number of halogens is 1. The number of hydrogen-bond donors (Lipinski definition) is 0. The van der Waals surface area contributed by atoms with E-state index in [0.29, 0.717) is 0 Å². The van der Waals surface area contributed by atoms with E-state index in [1.165, 1.54) is 25.7 Å². The maximum atomic E-state index is 5.96. The Hall–Kier alpha value is -0.230. The van der Waals surface area contributed by atoms with Crippen molar-refractivity contribution in [1.82, 2.24) is 0 Å². The minimum absolute atomic E-state index is 0.246. The zero-order chi connectivity index (χ0) is 8.39. The fourth-order valence-corrected chi connectivity index (χ4v) is 2.33. The average molecular weight is 183 g/mol. The van der Waals surface area contributed by atoms with Crippen LogP contribution in [0.3, 0.4) is 0 Å². The Morgan fingerprint density at radius 3 is 2.58 bits per heavy atom. The van der Waals surface area contributed by atoms with Gasteiger partial charge in [0.2, 0.25) is 0 Å². The highest BCUT2D eigenvalue weighted by molar-refractivity contribution is 6.22. The molecule has 2 rings (SSSR count). The summed E-state index contributed by atoms with van der Waals surface area (Å²) in [7, 11) is 0. The van der Waals surface area contributed by atoms with Crippen LogP contribution in [0.1, 0.15) is 32.1 Å². The van der Waals surface area contributed by atoms with Gasteiger partial charge in [-0.1, -0.05) is 31.1 Å². The Morgan fingerprint density at radius 1 is 1.25 bits per heavy atom. The van der Waals surface area contributed by atoms with E-state index in [1.54, 1.807) is 5.57 Å². The molecular formula is C11H15Cl. The molecule has 1 atom stereocenters. The van der Waals surface area contributed by atoms with E-state index in [2.05, 4.69) is 18.2 Å². The molecule has 66 valence electrons. The molecule has 1 unspecified atom stereocenters. The molecule has 0 aromatic heterocycles. The van der Waals surface area contributed by atoms with Crippen molar-refractivity contribution in [3.8, 4) is 0 Å². The Bertz CT molecular complexity index is 209. The fraction of sp³-hybridized carbons (Fsp3) is 0.636. The lowest BCUT2D eigenvalue weighted by molar-refractivity contribution is 0.650. The predicted octanol–water partition coefficient (Wildman–Crippen LogP) is 3.67. The summed E-state index contributed by atoms with van der Waals surface area (Å²) in [6, 6.07) is 0. The van der Waals surface area contributed by atoms with E-state index in [0.717, 1.165) is 12.3 Å². The first-order chi connectivity index (χ1) is 5.86. The van der Waals surface area contributed by atoms with Crippen LogP contribution in [0.25, 0.3) is 0 Å². The highest BCUT2D eigenvalue weighted by Crippen LogP contribution is 2.33. The van der Waals surface area contributed by atoms with Crippen molar-refractivity contribution < 1.29 is 0 Å².